The number of esters is 1. The van der Waals surface area contributed by atoms with E-state index in [2.05, 4.69) is 26.0 Å². The summed E-state index contributed by atoms with van der Waals surface area (Å²) in [6.07, 6.45) is 37.8. The van der Waals surface area contributed by atoms with E-state index in [4.69, 9.17) is 18.5 Å². The van der Waals surface area contributed by atoms with Crippen molar-refractivity contribution in [2.75, 3.05) is 54.1 Å². The van der Waals surface area contributed by atoms with Crippen molar-refractivity contribution in [3.63, 3.8) is 0 Å². The SMILES string of the molecule is CCCCCCC/C=C\CCCCCCCCOCC(COP(=O)([O-])OCC[N+](C)(C)C)OC(=O)CCCCCCCCCCCCCCCC. The topological polar surface area (TPSA) is 94.1 Å². The molecule has 0 N–H and O–H groups in total. The first-order chi connectivity index (χ1) is 24.6. The molecular formula is C42H84NO7P. The molecule has 0 spiro atoms. The molecule has 0 aromatic rings. The number of likely N-dealkylation sites (N-methyl/N-ethyl adjacent to an activating group) is 1. The van der Waals surface area contributed by atoms with Gasteiger partial charge in [-0.2, -0.15) is 0 Å². The number of rotatable bonds is 40. The normalized spacial score (nSPS) is 13.9. The van der Waals surface area contributed by atoms with E-state index in [-0.39, 0.29) is 25.8 Å². The molecule has 8 nitrogen and oxygen atoms in total. The summed E-state index contributed by atoms with van der Waals surface area (Å²) in [4.78, 5) is 25.0. The van der Waals surface area contributed by atoms with Crippen LogP contribution in [0.4, 0.5) is 0 Å². The largest absolute Gasteiger partial charge is 0.756 e. The van der Waals surface area contributed by atoms with Crippen LogP contribution in [0.3, 0.4) is 0 Å². The lowest BCUT2D eigenvalue weighted by molar-refractivity contribution is -0.870. The summed E-state index contributed by atoms with van der Waals surface area (Å²) in [7, 11) is 1.36. The molecule has 304 valence electrons. The van der Waals surface area contributed by atoms with Crippen LogP contribution in [0.25, 0.3) is 0 Å². The van der Waals surface area contributed by atoms with Crippen molar-refractivity contribution in [3.05, 3.63) is 12.2 Å². The van der Waals surface area contributed by atoms with Crippen LogP contribution < -0.4 is 4.89 Å². The molecule has 0 aromatic heterocycles. The predicted octanol–water partition coefficient (Wildman–Crippen LogP) is 11.6. The van der Waals surface area contributed by atoms with E-state index in [1.54, 1.807) is 0 Å². The van der Waals surface area contributed by atoms with Crippen molar-refractivity contribution in [1.82, 2.24) is 0 Å². The molecule has 0 heterocycles. The highest BCUT2D eigenvalue weighted by atomic mass is 31.2. The highest BCUT2D eigenvalue weighted by molar-refractivity contribution is 7.45. The molecule has 0 aromatic carbocycles. The Labute approximate surface area is 316 Å². The maximum Gasteiger partial charge on any atom is 0.306 e. The van der Waals surface area contributed by atoms with E-state index in [0.717, 1.165) is 32.1 Å². The van der Waals surface area contributed by atoms with Crippen LogP contribution in [-0.4, -0.2) is 70.7 Å². The van der Waals surface area contributed by atoms with Gasteiger partial charge in [-0.3, -0.25) is 9.36 Å². The summed E-state index contributed by atoms with van der Waals surface area (Å²) in [5.41, 5.74) is 0. The lowest BCUT2D eigenvalue weighted by atomic mass is 10.0. The van der Waals surface area contributed by atoms with E-state index >= 15 is 0 Å². The molecule has 51 heavy (non-hydrogen) atoms. The Morgan fingerprint density at radius 2 is 1.02 bits per heavy atom. The average molecular weight is 746 g/mol. The molecule has 2 unspecified atom stereocenters. The molecule has 0 rings (SSSR count). The Morgan fingerprint density at radius 1 is 0.588 bits per heavy atom. The summed E-state index contributed by atoms with van der Waals surface area (Å²) in [6.45, 7) is 5.42. The van der Waals surface area contributed by atoms with Gasteiger partial charge in [0, 0.05) is 13.0 Å². The van der Waals surface area contributed by atoms with Crippen LogP contribution in [0.5, 0.6) is 0 Å². The van der Waals surface area contributed by atoms with Gasteiger partial charge in [0.25, 0.3) is 7.82 Å². The minimum Gasteiger partial charge on any atom is -0.756 e. The summed E-state index contributed by atoms with van der Waals surface area (Å²) >= 11 is 0. The monoisotopic (exact) mass is 746 g/mol. The molecule has 0 saturated heterocycles. The number of allylic oxidation sites excluding steroid dienone is 2. The number of phosphoric ester groups is 1. The molecule has 9 heteroatoms. The van der Waals surface area contributed by atoms with Crippen LogP contribution in [0.2, 0.25) is 0 Å². The zero-order chi connectivity index (χ0) is 37.7. The fourth-order valence-corrected chi connectivity index (χ4v) is 6.68. The Morgan fingerprint density at radius 3 is 1.49 bits per heavy atom. The molecular weight excluding hydrogens is 661 g/mol. The van der Waals surface area contributed by atoms with Gasteiger partial charge < -0.3 is 27.9 Å². The first-order valence-electron chi connectivity index (χ1n) is 21.4. The summed E-state index contributed by atoms with van der Waals surface area (Å²) in [5, 5.41) is 0. The van der Waals surface area contributed by atoms with E-state index < -0.39 is 13.9 Å². The van der Waals surface area contributed by atoms with E-state index in [0.29, 0.717) is 24.1 Å². The smallest absolute Gasteiger partial charge is 0.306 e. The number of unbranched alkanes of at least 4 members (excludes halogenated alkanes) is 24. The van der Waals surface area contributed by atoms with Gasteiger partial charge in [0.15, 0.2) is 0 Å². The molecule has 0 fully saturated rings. The molecule has 0 aliphatic rings. The van der Waals surface area contributed by atoms with Crippen molar-refractivity contribution in [2.45, 2.75) is 200 Å². The molecule has 0 amide bonds. The average Bonchev–Trinajstić information content (AvgIpc) is 3.08. The lowest BCUT2D eigenvalue weighted by Gasteiger charge is -2.28. The van der Waals surface area contributed by atoms with Gasteiger partial charge in [0.1, 0.15) is 19.3 Å². The van der Waals surface area contributed by atoms with Crippen LogP contribution in [0.1, 0.15) is 194 Å². The third-order valence-corrected chi connectivity index (χ3v) is 10.3. The summed E-state index contributed by atoms with van der Waals surface area (Å²) in [6, 6.07) is 0. The molecule has 0 aliphatic heterocycles. The fourth-order valence-electron chi connectivity index (χ4n) is 5.95. The zero-order valence-electron chi connectivity index (χ0n) is 34.3. The highest BCUT2D eigenvalue weighted by Crippen LogP contribution is 2.38. The Kier molecular flexibility index (Phi) is 35.7. The maximum atomic E-state index is 12.6. The van der Waals surface area contributed by atoms with Crippen molar-refractivity contribution in [1.29, 1.82) is 0 Å². The van der Waals surface area contributed by atoms with E-state index in [1.807, 2.05) is 21.1 Å². The number of nitrogens with zero attached hydrogens (tertiary/aromatic N) is 1. The van der Waals surface area contributed by atoms with Gasteiger partial charge in [-0.25, -0.2) is 0 Å². The predicted molar refractivity (Wildman–Crippen MR) is 213 cm³/mol. The lowest BCUT2D eigenvalue weighted by Crippen LogP contribution is -2.37. The fraction of sp³-hybridized carbons (Fsp3) is 0.929. The Hall–Kier alpha value is -0.760. The Bertz CT molecular complexity index is 833. The van der Waals surface area contributed by atoms with Gasteiger partial charge in [0.05, 0.1) is 34.4 Å². The molecule has 0 saturated carbocycles. The second-order valence-corrected chi connectivity index (χ2v) is 17.1. The first-order valence-corrected chi connectivity index (χ1v) is 22.9. The van der Waals surface area contributed by atoms with Gasteiger partial charge >= 0.3 is 5.97 Å². The maximum absolute atomic E-state index is 12.6. The quantitative estimate of drug-likeness (QED) is 0.0203. The highest BCUT2D eigenvalue weighted by Gasteiger charge is 2.20. The van der Waals surface area contributed by atoms with Crippen LogP contribution >= 0.6 is 7.82 Å². The van der Waals surface area contributed by atoms with Gasteiger partial charge in [-0.1, -0.05) is 161 Å². The minimum absolute atomic E-state index is 0.0280. The van der Waals surface area contributed by atoms with Gasteiger partial charge in [0.2, 0.25) is 0 Å². The second kappa shape index (κ2) is 36.2. The van der Waals surface area contributed by atoms with Crippen molar-refractivity contribution >= 4 is 13.8 Å². The van der Waals surface area contributed by atoms with Crippen molar-refractivity contribution < 1.29 is 37.3 Å². The standard InChI is InChI=1S/C42H84NO7P/c1-6-8-10-12-14-16-18-20-22-24-26-28-30-32-34-37-47-39-41(40-49-51(45,46)48-38-36-43(3,4)5)50-42(44)35-33-31-29-27-25-23-21-19-17-15-13-11-9-7-2/h18,20,41H,6-17,19,21-40H2,1-5H3/b20-18-. The zero-order valence-corrected chi connectivity index (χ0v) is 35.2. The van der Waals surface area contributed by atoms with E-state index in [9.17, 15) is 14.3 Å². The minimum atomic E-state index is -4.52. The van der Waals surface area contributed by atoms with Crippen molar-refractivity contribution in [2.24, 2.45) is 0 Å². The third kappa shape index (κ3) is 40.3. The van der Waals surface area contributed by atoms with Crippen molar-refractivity contribution in [3.8, 4) is 0 Å². The van der Waals surface area contributed by atoms with Gasteiger partial charge in [-0.15, -0.1) is 0 Å². The number of quaternary nitrogens is 1. The van der Waals surface area contributed by atoms with Gasteiger partial charge in [-0.05, 0) is 38.5 Å². The number of carbonyl (C=O) groups is 1. The number of ether oxygens (including phenoxy) is 2. The summed E-state index contributed by atoms with van der Waals surface area (Å²) in [5.74, 6) is -0.334. The van der Waals surface area contributed by atoms with E-state index in [1.165, 1.54) is 141 Å². The number of hydrogen-bond donors (Lipinski definition) is 0. The molecule has 2 atom stereocenters. The molecule has 0 aliphatic carbocycles. The number of carbonyl (C=O) groups excluding carboxylic acids is 1. The first kappa shape index (κ1) is 50.2. The molecule has 0 bridgehead atoms. The van der Waals surface area contributed by atoms with Crippen LogP contribution in [-0.2, 0) is 27.9 Å². The second-order valence-electron chi connectivity index (χ2n) is 15.7. The Balaban J connectivity index is 4.23. The summed E-state index contributed by atoms with van der Waals surface area (Å²) < 4.78 is 34.5. The molecule has 0 radical (unpaired) electrons. The number of hydrogen-bond acceptors (Lipinski definition) is 7. The van der Waals surface area contributed by atoms with Crippen LogP contribution in [0, 0.1) is 0 Å². The number of phosphoric acid groups is 1. The van der Waals surface area contributed by atoms with Crippen LogP contribution in [0.15, 0.2) is 12.2 Å². The third-order valence-electron chi connectivity index (χ3n) is 9.32.